The first-order chi connectivity index (χ1) is 29.5. The fourth-order valence-electron chi connectivity index (χ4n) is 7.48. The van der Waals surface area contributed by atoms with E-state index in [4.69, 9.17) is 18.5 Å². The van der Waals surface area contributed by atoms with Crippen LogP contribution < -0.4 is 0 Å². The Hall–Kier alpha value is -1.25. The minimum Gasteiger partial charge on any atom is -0.462 e. The Morgan fingerprint density at radius 1 is 0.492 bits per heavy atom. The smallest absolute Gasteiger partial charge is 0.462 e. The molecule has 10 heteroatoms. The van der Waals surface area contributed by atoms with Gasteiger partial charge in [0.05, 0.1) is 27.7 Å². The fraction of sp³-hybridized carbons (Fsp3) is 0.922. The molecule has 0 aromatic heterocycles. The number of phosphoric ester groups is 1. The molecule has 2 unspecified atom stereocenters. The summed E-state index contributed by atoms with van der Waals surface area (Å²) in [6, 6.07) is 0. The van der Waals surface area contributed by atoms with Crippen LogP contribution in [0.15, 0.2) is 12.2 Å². The van der Waals surface area contributed by atoms with Crippen LogP contribution in [-0.2, 0) is 32.7 Å². The second-order valence-electron chi connectivity index (χ2n) is 18.9. The lowest BCUT2D eigenvalue weighted by atomic mass is 10.0. The van der Waals surface area contributed by atoms with Crippen LogP contribution in [0.1, 0.15) is 251 Å². The van der Waals surface area contributed by atoms with Crippen molar-refractivity contribution >= 4 is 19.8 Å². The van der Waals surface area contributed by atoms with Crippen molar-refractivity contribution in [1.82, 2.24) is 0 Å². The van der Waals surface area contributed by atoms with Crippen molar-refractivity contribution < 1.29 is 42.1 Å². The van der Waals surface area contributed by atoms with Crippen molar-refractivity contribution in [2.24, 2.45) is 0 Å². The van der Waals surface area contributed by atoms with Gasteiger partial charge in [-0.1, -0.05) is 212 Å². The number of carbonyl (C=O) groups excluding carboxylic acids is 2. The summed E-state index contributed by atoms with van der Waals surface area (Å²) in [6.45, 7) is 4.46. The van der Waals surface area contributed by atoms with E-state index in [2.05, 4.69) is 26.0 Å². The maximum Gasteiger partial charge on any atom is 0.472 e. The third-order valence-corrected chi connectivity index (χ3v) is 12.5. The SMILES string of the molecule is CCCCCCCCCC/C=C\CCCCCCCCCCCCCCCC(=O)OC(COC(=O)CCCCCCCCCCCCCC)COP(=O)(O)OCC[N+](C)(C)C. The van der Waals surface area contributed by atoms with E-state index in [1.807, 2.05) is 21.1 Å². The molecular formula is C51H101NO8P+. The quantitative estimate of drug-likeness (QED) is 0.0212. The molecule has 61 heavy (non-hydrogen) atoms. The number of hydrogen-bond donors (Lipinski definition) is 1. The zero-order chi connectivity index (χ0) is 45.0. The van der Waals surface area contributed by atoms with Gasteiger partial charge in [0, 0.05) is 12.8 Å². The molecule has 0 heterocycles. The van der Waals surface area contributed by atoms with Gasteiger partial charge < -0.3 is 18.9 Å². The first kappa shape index (κ1) is 59.8. The van der Waals surface area contributed by atoms with Crippen molar-refractivity contribution in [1.29, 1.82) is 0 Å². The van der Waals surface area contributed by atoms with E-state index < -0.39 is 26.5 Å². The van der Waals surface area contributed by atoms with Crippen LogP contribution in [0.4, 0.5) is 0 Å². The number of ether oxygens (including phenoxy) is 2. The highest BCUT2D eigenvalue weighted by Crippen LogP contribution is 2.43. The Morgan fingerprint density at radius 2 is 0.836 bits per heavy atom. The minimum absolute atomic E-state index is 0.0354. The zero-order valence-corrected chi connectivity index (χ0v) is 41.8. The Bertz CT molecular complexity index is 1050. The highest BCUT2D eigenvalue weighted by atomic mass is 31.2. The Morgan fingerprint density at radius 3 is 1.21 bits per heavy atom. The first-order valence-electron chi connectivity index (χ1n) is 25.9. The number of allylic oxidation sites excluding steroid dienone is 2. The number of quaternary nitrogens is 1. The Labute approximate surface area is 377 Å². The van der Waals surface area contributed by atoms with Crippen LogP contribution in [0.3, 0.4) is 0 Å². The maximum atomic E-state index is 12.7. The van der Waals surface area contributed by atoms with E-state index in [0.717, 1.165) is 32.1 Å². The number of likely N-dealkylation sites (N-methyl/N-ethyl adjacent to an activating group) is 1. The second kappa shape index (κ2) is 44.0. The average molecular weight is 887 g/mol. The van der Waals surface area contributed by atoms with Gasteiger partial charge in [0.25, 0.3) is 0 Å². The van der Waals surface area contributed by atoms with E-state index in [1.165, 1.54) is 186 Å². The third kappa shape index (κ3) is 48.1. The summed E-state index contributed by atoms with van der Waals surface area (Å²) in [6.07, 6.45) is 48.4. The van der Waals surface area contributed by atoms with Gasteiger partial charge in [0.1, 0.15) is 19.8 Å². The molecule has 0 aliphatic heterocycles. The summed E-state index contributed by atoms with van der Waals surface area (Å²) in [5.41, 5.74) is 0. The molecule has 0 spiro atoms. The molecule has 0 aromatic carbocycles. The highest BCUT2D eigenvalue weighted by Gasteiger charge is 2.27. The molecule has 0 bridgehead atoms. The highest BCUT2D eigenvalue weighted by molar-refractivity contribution is 7.47. The second-order valence-corrected chi connectivity index (χ2v) is 20.4. The van der Waals surface area contributed by atoms with Gasteiger partial charge in [0.15, 0.2) is 6.10 Å². The molecule has 0 radical (unpaired) electrons. The van der Waals surface area contributed by atoms with Crippen LogP contribution in [0, 0.1) is 0 Å². The molecule has 0 aliphatic carbocycles. The van der Waals surface area contributed by atoms with Gasteiger partial charge >= 0.3 is 19.8 Å². The van der Waals surface area contributed by atoms with Crippen LogP contribution in [0.25, 0.3) is 0 Å². The summed E-state index contributed by atoms with van der Waals surface area (Å²) < 4.78 is 34.4. The summed E-state index contributed by atoms with van der Waals surface area (Å²) in [5.74, 6) is -0.785. The molecule has 0 aliphatic rings. The van der Waals surface area contributed by atoms with Crippen molar-refractivity contribution in [3.05, 3.63) is 12.2 Å². The third-order valence-electron chi connectivity index (χ3n) is 11.5. The van der Waals surface area contributed by atoms with E-state index in [0.29, 0.717) is 23.9 Å². The maximum absolute atomic E-state index is 12.7. The number of phosphoric acid groups is 1. The lowest BCUT2D eigenvalue weighted by Crippen LogP contribution is -2.37. The van der Waals surface area contributed by atoms with Crippen LogP contribution >= 0.6 is 7.82 Å². The molecular weight excluding hydrogens is 786 g/mol. The van der Waals surface area contributed by atoms with Gasteiger partial charge in [0.2, 0.25) is 0 Å². The van der Waals surface area contributed by atoms with Crippen molar-refractivity contribution in [3.63, 3.8) is 0 Å². The van der Waals surface area contributed by atoms with Gasteiger partial charge in [-0.2, -0.15) is 0 Å². The number of hydrogen-bond acceptors (Lipinski definition) is 7. The lowest BCUT2D eigenvalue weighted by Gasteiger charge is -2.24. The minimum atomic E-state index is -4.37. The lowest BCUT2D eigenvalue weighted by molar-refractivity contribution is -0.870. The Kier molecular flexibility index (Phi) is 43.1. The molecule has 0 rings (SSSR count). The molecule has 9 nitrogen and oxygen atoms in total. The standard InChI is InChI=1S/C51H100NO8P/c1-6-8-10-12-14-16-18-20-21-22-23-24-25-26-27-28-29-30-31-32-34-36-38-40-42-44-51(54)60-49(48-59-61(55,56)58-46-45-52(3,4)5)47-57-50(53)43-41-39-37-35-33-19-17-15-13-11-9-7-2/h22-23,49H,6-21,24-48H2,1-5H3/p+1/b23-22-. The fourth-order valence-corrected chi connectivity index (χ4v) is 8.22. The van der Waals surface area contributed by atoms with Crippen molar-refractivity contribution in [2.45, 2.75) is 258 Å². The van der Waals surface area contributed by atoms with E-state index in [1.54, 1.807) is 0 Å². The normalized spacial score (nSPS) is 13.5. The van der Waals surface area contributed by atoms with Gasteiger partial charge in [-0.3, -0.25) is 18.6 Å². The van der Waals surface area contributed by atoms with Gasteiger partial charge in [-0.05, 0) is 38.5 Å². The molecule has 362 valence electrons. The molecule has 0 amide bonds. The van der Waals surface area contributed by atoms with Crippen LogP contribution in [0.5, 0.6) is 0 Å². The zero-order valence-electron chi connectivity index (χ0n) is 40.9. The molecule has 0 aromatic rings. The summed E-state index contributed by atoms with van der Waals surface area (Å²) >= 11 is 0. The number of carbonyl (C=O) groups is 2. The van der Waals surface area contributed by atoms with Crippen LogP contribution in [0.2, 0.25) is 0 Å². The van der Waals surface area contributed by atoms with Crippen LogP contribution in [-0.4, -0.2) is 74.9 Å². The number of unbranched alkanes of at least 4 members (excludes halogenated alkanes) is 32. The van der Waals surface area contributed by atoms with Crippen molar-refractivity contribution in [3.8, 4) is 0 Å². The first-order valence-corrected chi connectivity index (χ1v) is 27.4. The predicted octanol–water partition coefficient (Wildman–Crippen LogP) is 15.3. The summed E-state index contributed by atoms with van der Waals surface area (Å²) in [5, 5.41) is 0. The molecule has 1 N–H and O–H groups in total. The monoisotopic (exact) mass is 887 g/mol. The Balaban J connectivity index is 4.13. The van der Waals surface area contributed by atoms with E-state index in [-0.39, 0.29) is 25.6 Å². The predicted molar refractivity (Wildman–Crippen MR) is 257 cm³/mol. The van der Waals surface area contributed by atoms with E-state index >= 15 is 0 Å². The van der Waals surface area contributed by atoms with Gasteiger partial charge in [-0.15, -0.1) is 0 Å². The molecule has 0 saturated carbocycles. The number of nitrogens with zero attached hydrogens (tertiary/aromatic N) is 1. The number of rotatable bonds is 48. The average Bonchev–Trinajstić information content (AvgIpc) is 3.21. The topological polar surface area (TPSA) is 108 Å². The summed E-state index contributed by atoms with van der Waals surface area (Å²) in [4.78, 5) is 35.5. The molecule has 0 saturated heterocycles. The summed E-state index contributed by atoms with van der Waals surface area (Å²) in [7, 11) is 1.49. The number of esters is 2. The van der Waals surface area contributed by atoms with Crippen molar-refractivity contribution in [2.75, 3.05) is 47.5 Å². The van der Waals surface area contributed by atoms with Gasteiger partial charge in [-0.25, -0.2) is 4.57 Å². The molecule has 0 fully saturated rings. The molecule has 2 atom stereocenters. The van der Waals surface area contributed by atoms with E-state index in [9.17, 15) is 19.0 Å². The largest absolute Gasteiger partial charge is 0.472 e.